The molecule has 0 aliphatic heterocycles. The molecule has 0 saturated heterocycles. The Hall–Kier alpha value is -0.570. The first-order valence-electron chi connectivity index (χ1n) is 4.63. The molecule has 0 spiro atoms. The summed E-state index contributed by atoms with van der Waals surface area (Å²) in [6, 6.07) is 0.464. The summed E-state index contributed by atoms with van der Waals surface area (Å²) in [7, 11) is 0. The van der Waals surface area contributed by atoms with Crippen LogP contribution >= 0.6 is 0 Å². The Bertz CT molecular complexity index is 130. The van der Waals surface area contributed by atoms with E-state index >= 15 is 0 Å². The summed E-state index contributed by atoms with van der Waals surface area (Å²) in [4.78, 5) is 10.1. The van der Waals surface area contributed by atoms with Gasteiger partial charge in [-0.15, -0.1) is 0 Å². The van der Waals surface area contributed by atoms with Gasteiger partial charge in [0.25, 0.3) is 0 Å². The maximum Gasteiger partial charge on any atom is 0.317 e. The quantitative estimate of drug-likeness (QED) is 0.679. The first-order valence-corrected chi connectivity index (χ1v) is 4.63. The molecule has 1 rings (SSSR count). The number of nitrogens with one attached hydrogen (secondary N) is 1. The Morgan fingerprint density at radius 3 is 2.33 bits per heavy atom. The average molecular weight is 173 g/mol. The predicted molar refractivity (Wildman–Crippen MR) is 49.2 cm³/mol. The van der Waals surface area contributed by atoms with Gasteiger partial charge in [0.15, 0.2) is 0 Å². The van der Waals surface area contributed by atoms with Gasteiger partial charge in [0.05, 0.1) is 6.54 Å². The molecule has 0 aromatic rings. The molecule has 12 heavy (non-hydrogen) atoms. The Balaban J connectivity index is 0.000000561. The Morgan fingerprint density at radius 2 is 2.00 bits per heavy atom. The van der Waals surface area contributed by atoms with E-state index in [0.717, 1.165) is 18.8 Å². The summed E-state index contributed by atoms with van der Waals surface area (Å²) in [6.07, 6.45) is 2.26. The first kappa shape index (κ1) is 11.4. The van der Waals surface area contributed by atoms with Gasteiger partial charge in [0.2, 0.25) is 0 Å². The third kappa shape index (κ3) is 4.34. The van der Waals surface area contributed by atoms with Crippen LogP contribution in [0.15, 0.2) is 0 Å². The zero-order valence-corrected chi connectivity index (χ0v) is 8.13. The molecule has 3 nitrogen and oxygen atoms in total. The highest BCUT2D eigenvalue weighted by Gasteiger charge is 2.24. The molecular weight excluding hydrogens is 154 g/mol. The fourth-order valence-corrected chi connectivity index (χ4v) is 1.30. The van der Waals surface area contributed by atoms with Crippen LogP contribution in [0.5, 0.6) is 0 Å². The maximum absolute atomic E-state index is 10.1. The van der Waals surface area contributed by atoms with Crippen LogP contribution in [-0.2, 0) is 4.79 Å². The summed E-state index contributed by atoms with van der Waals surface area (Å²) < 4.78 is 0. The number of hydrogen-bond donors (Lipinski definition) is 2. The molecule has 1 fully saturated rings. The number of aliphatic carboxylic acids is 1. The van der Waals surface area contributed by atoms with Gasteiger partial charge in [-0.1, -0.05) is 20.8 Å². The molecule has 1 aliphatic carbocycles. The fraction of sp³-hybridized carbons (Fsp3) is 0.889. The second-order valence-corrected chi connectivity index (χ2v) is 3.05. The Kier molecular flexibility index (Phi) is 5.72. The third-order valence-electron chi connectivity index (χ3n) is 1.92. The Labute approximate surface area is 74.2 Å². The van der Waals surface area contributed by atoms with Gasteiger partial charge in [-0.05, 0) is 18.8 Å². The van der Waals surface area contributed by atoms with Crippen molar-refractivity contribution in [1.29, 1.82) is 0 Å². The molecule has 0 radical (unpaired) electrons. The van der Waals surface area contributed by atoms with Crippen molar-refractivity contribution in [2.24, 2.45) is 5.92 Å². The van der Waals surface area contributed by atoms with E-state index in [1.54, 1.807) is 0 Å². The minimum Gasteiger partial charge on any atom is -0.480 e. The lowest BCUT2D eigenvalue weighted by molar-refractivity contribution is -0.136. The van der Waals surface area contributed by atoms with Crippen molar-refractivity contribution in [3.63, 3.8) is 0 Å². The van der Waals surface area contributed by atoms with Gasteiger partial charge in [-0.2, -0.15) is 0 Å². The molecule has 2 N–H and O–H groups in total. The van der Waals surface area contributed by atoms with E-state index in [1.807, 2.05) is 13.8 Å². The lowest BCUT2D eigenvalue weighted by atomic mass is 9.82. The van der Waals surface area contributed by atoms with Crippen LogP contribution in [0.4, 0.5) is 0 Å². The van der Waals surface area contributed by atoms with Crippen molar-refractivity contribution in [2.75, 3.05) is 6.54 Å². The normalized spacial score (nSPS) is 26.6. The minimum absolute atomic E-state index is 0.109. The van der Waals surface area contributed by atoms with E-state index in [1.165, 1.54) is 0 Å². The van der Waals surface area contributed by atoms with Crippen molar-refractivity contribution in [3.8, 4) is 0 Å². The molecule has 1 aliphatic rings. The highest BCUT2D eigenvalue weighted by molar-refractivity contribution is 5.69. The fourth-order valence-electron chi connectivity index (χ4n) is 1.30. The molecule has 72 valence electrons. The molecule has 0 heterocycles. The second kappa shape index (κ2) is 6.00. The summed E-state index contributed by atoms with van der Waals surface area (Å²) in [5.41, 5.74) is 0. The lowest BCUT2D eigenvalue weighted by Crippen LogP contribution is -2.42. The summed E-state index contributed by atoms with van der Waals surface area (Å²) in [6.45, 7) is 6.29. The summed E-state index contributed by atoms with van der Waals surface area (Å²) in [5, 5.41) is 11.2. The molecule has 3 heteroatoms. The third-order valence-corrected chi connectivity index (χ3v) is 1.92. The topological polar surface area (TPSA) is 49.3 Å². The van der Waals surface area contributed by atoms with E-state index in [9.17, 15) is 4.79 Å². The van der Waals surface area contributed by atoms with E-state index < -0.39 is 5.97 Å². The van der Waals surface area contributed by atoms with Crippen molar-refractivity contribution < 1.29 is 9.90 Å². The SMILES string of the molecule is CC.CC1CC(NCC(=O)O)C1. The van der Waals surface area contributed by atoms with E-state index in [2.05, 4.69) is 12.2 Å². The lowest BCUT2D eigenvalue weighted by Gasteiger charge is -2.32. The van der Waals surface area contributed by atoms with Crippen LogP contribution in [0.1, 0.15) is 33.6 Å². The molecule has 0 unspecified atom stereocenters. The highest BCUT2D eigenvalue weighted by Crippen LogP contribution is 2.25. The Morgan fingerprint density at radius 1 is 1.50 bits per heavy atom. The van der Waals surface area contributed by atoms with Crippen LogP contribution in [-0.4, -0.2) is 23.7 Å². The van der Waals surface area contributed by atoms with Crippen LogP contribution in [0.25, 0.3) is 0 Å². The summed E-state index contributed by atoms with van der Waals surface area (Å²) >= 11 is 0. The monoisotopic (exact) mass is 173 g/mol. The van der Waals surface area contributed by atoms with Gasteiger partial charge < -0.3 is 10.4 Å². The summed E-state index contributed by atoms with van der Waals surface area (Å²) in [5.74, 6) is 0.0193. The number of rotatable bonds is 3. The highest BCUT2D eigenvalue weighted by atomic mass is 16.4. The van der Waals surface area contributed by atoms with Crippen molar-refractivity contribution in [1.82, 2.24) is 5.32 Å². The van der Waals surface area contributed by atoms with Gasteiger partial charge in [-0.25, -0.2) is 0 Å². The maximum atomic E-state index is 10.1. The molecule has 0 aromatic carbocycles. The van der Waals surface area contributed by atoms with Gasteiger partial charge in [0.1, 0.15) is 0 Å². The zero-order valence-electron chi connectivity index (χ0n) is 8.13. The molecule has 0 aromatic heterocycles. The van der Waals surface area contributed by atoms with Crippen LogP contribution in [0.2, 0.25) is 0 Å². The number of carboxylic acids is 1. The number of hydrogen-bond acceptors (Lipinski definition) is 2. The zero-order chi connectivity index (χ0) is 9.56. The smallest absolute Gasteiger partial charge is 0.317 e. The van der Waals surface area contributed by atoms with E-state index in [0.29, 0.717) is 6.04 Å². The van der Waals surface area contributed by atoms with E-state index in [-0.39, 0.29) is 6.54 Å². The standard InChI is InChI=1S/C7H13NO2.C2H6/c1-5-2-6(3-5)8-4-7(9)10;1-2/h5-6,8H,2-4H2,1H3,(H,9,10);1-2H3. The predicted octanol–water partition coefficient (Wildman–Crippen LogP) is 1.49. The number of carboxylic acid groups (broad SMARTS) is 1. The molecule has 0 atom stereocenters. The molecule has 0 amide bonds. The van der Waals surface area contributed by atoms with Gasteiger partial charge in [-0.3, -0.25) is 4.79 Å². The van der Waals surface area contributed by atoms with Crippen LogP contribution in [0, 0.1) is 5.92 Å². The van der Waals surface area contributed by atoms with Crippen molar-refractivity contribution in [3.05, 3.63) is 0 Å². The van der Waals surface area contributed by atoms with Gasteiger partial charge in [0, 0.05) is 6.04 Å². The van der Waals surface area contributed by atoms with E-state index in [4.69, 9.17) is 5.11 Å². The minimum atomic E-state index is -0.764. The van der Waals surface area contributed by atoms with Gasteiger partial charge >= 0.3 is 5.97 Å². The first-order chi connectivity index (χ1) is 5.68. The largest absolute Gasteiger partial charge is 0.480 e. The molecular formula is C9H19NO2. The van der Waals surface area contributed by atoms with Crippen molar-refractivity contribution in [2.45, 2.75) is 39.7 Å². The van der Waals surface area contributed by atoms with Crippen LogP contribution in [0.3, 0.4) is 0 Å². The molecule has 1 saturated carbocycles. The molecule has 0 bridgehead atoms. The number of carbonyl (C=O) groups is 1. The van der Waals surface area contributed by atoms with Crippen molar-refractivity contribution >= 4 is 5.97 Å². The van der Waals surface area contributed by atoms with Crippen LogP contribution < -0.4 is 5.32 Å². The second-order valence-electron chi connectivity index (χ2n) is 3.05. The average Bonchev–Trinajstić information content (AvgIpc) is 2.00.